The maximum Gasteiger partial charge on any atom is 0.129 e. The molecule has 0 aliphatic rings. The first-order valence-electron chi connectivity index (χ1n) is 4.87. The SMILES string of the molecule is CCNC(COC)c1c(F)cccc1Cl. The highest BCUT2D eigenvalue weighted by Crippen LogP contribution is 2.25. The summed E-state index contributed by atoms with van der Waals surface area (Å²) >= 11 is 5.96. The molecule has 1 aromatic rings. The Morgan fingerprint density at radius 2 is 2.27 bits per heavy atom. The van der Waals surface area contributed by atoms with E-state index in [-0.39, 0.29) is 11.9 Å². The van der Waals surface area contributed by atoms with Gasteiger partial charge in [0, 0.05) is 17.7 Å². The third kappa shape index (κ3) is 3.16. The third-order valence-electron chi connectivity index (χ3n) is 2.13. The molecule has 1 unspecified atom stereocenters. The topological polar surface area (TPSA) is 21.3 Å². The van der Waals surface area contributed by atoms with E-state index in [2.05, 4.69) is 5.32 Å². The van der Waals surface area contributed by atoms with Gasteiger partial charge in [0.05, 0.1) is 12.6 Å². The number of nitrogens with one attached hydrogen (secondary N) is 1. The molecular formula is C11H15ClFNO. The molecule has 1 atom stereocenters. The number of hydrogen-bond acceptors (Lipinski definition) is 2. The smallest absolute Gasteiger partial charge is 0.129 e. The van der Waals surface area contributed by atoms with E-state index in [1.54, 1.807) is 19.2 Å². The minimum absolute atomic E-state index is 0.200. The minimum Gasteiger partial charge on any atom is -0.383 e. The van der Waals surface area contributed by atoms with Gasteiger partial charge in [0.25, 0.3) is 0 Å². The molecule has 1 N–H and O–H groups in total. The van der Waals surface area contributed by atoms with E-state index in [0.29, 0.717) is 17.2 Å². The van der Waals surface area contributed by atoms with Crippen molar-refractivity contribution in [1.29, 1.82) is 0 Å². The Kier molecular flexibility index (Phi) is 5.02. The van der Waals surface area contributed by atoms with Crippen LogP contribution in [-0.4, -0.2) is 20.3 Å². The number of benzene rings is 1. The first kappa shape index (κ1) is 12.4. The summed E-state index contributed by atoms with van der Waals surface area (Å²) in [6.45, 7) is 3.09. The Bertz CT molecular complexity index is 293. The van der Waals surface area contributed by atoms with Gasteiger partial charge in [-0.15, -0.1) is 0 Å². The molecular weight excluding hydrogens is 217 g/mol. The summed E-state index contributed by atoms with van der Waals surface area (Å²) in [5.74, 6) is -0.300. The van der Waals surface area contributed by atoms with Crippen LogP contribution in [0.1, 0.15) is 18.5 Å². The molecule has 0 spiro atoms. The average Bonchev–Trinajstić information content (AvgIpc) is 2.18. The van der Waals surface area contributed by atoms with Crippen molar-refractivity contribution < 1.29 is 9.13 Å². The maximum atomic E-state index is 13.6. The van der Waals surface area contributed by atoms with Gasteiger partial charge < -0.3 is 10.1 Å². The van der Waals surface area contributed by atoms with Crippen molar-refractivity contribution in [2.24, 2.45) is 0 Å². The Labute approximate surface area is 94.4 Å². The van der Waals surface area contributed by atoms with Crippen molar-refractivity contribution in [2.75, 3.05) is 20.3 Å². The fraction of sp³-hybridized carbons (Fsp3) is 0.455. The van der Waals surface area contributed by atoms with Gasteiger partial charge in [-0.3, -0.25) is 0 Å². The monoisotopic (exact) mass is 231 g/mol. The molecule has 0 bridgehead atoms. The second-order valence-electron chi connectivity index (χ2n) is 3.20. The first-order chi connectivity index (χ1) is 7.20. The van der Waals surface area contributed by atoms with Gasteiger partial charge in [-0.25, -0.2) is 4.39 Å². The Morgan fingerprint density at radius 1 is 1.53 bits per heavy atom. The van der Waals surface area contributed by atoms with E-state index in [9.17, 15) is 4.39 Å². The third-order valence-corrected chi connectivity index (χ3v) is 2.46. The lowest BCUT2D eigenvalue weighted by Crippen LogP contribution is -2.26. The van der Waals surface area contributed by atoms with E-state index < -0.39 is 0 Å². The van der Waals surface area contributed by atoms with Gasteiger partial charge in [-0.2, -0.15) is 0 Å². The standard InChI is InChI=1S/C11H15ClFNO/c1-3-14-10(7-15-2)11-8(12)5-4-6-9(11)13/h4-6,10,14H,3,7H2,1-2H3. The zero-order valence-corrected chi connectivity index (χ0v) is 9.64. The normalized spacial score (nSPS) is 12.8. The van der Waals surface area contributed by atoms with Gasteiger partial charge in [0.15, 0.2) is 0 Å². The van der Waals surface area contributed by atoms with Crippen LogP contribution in [0.25, 0.3) is 0 Å². The van der Waals surface area contributed by atoms with Crippen LogP contribution in [0.5, 0.6) is 0 Å². The Hall–Kier alpha value is -0.640. The highest BCUT2D eigenvalue weighted by Gasteiger charge is 2.17. The predicted octanol–water partition coefficient (Wildman–Crippen LogP) is 2.78. The average molecular weight is 232 g/mol. The summed E-state index contributed by atoms with van der Waals surface area (Å²) in [6.07, 6.45) is 0. The van der Waals surface area contributed by atoms with E-state index in [0.717, 1.165) is 6.54 Å². The lowest BCUT2D eigenvalue weighted by atomic mass is 10.1. The van der Waals surface area contributed by atoms with Crippen LogP contribution in [0, 0.1) is 5.82 Å². The summed E-state index contributed by atoms with van der Waals surface area (Å²) in [5, 5.41) is 3.56. The second-order valence-corrected chi connectivity index (χ2v) is 3.61. The molecule has 4 heteroatoms. The van der Waals surface area contributed by atoms with Crippen LogP contribution in [0.15, 0.2) is 18.2 Å². The quantitative estimate of drug-likeness (QED) is 0.842. The number of halogens is 2. The fourth-order valence-electron chi connectivity index (χ4n) is 1.50. The highest BCUT2D eigenvalue weighted by molar-refractivity contribution is 6.31. The van der Waals surface area contributed by atoms with Crippen LogP contribution in [-0.2, 0) is 4.74 Å². The Morgan fingerprint density at radius 3 is 2.80 bits per heavy atom. The summed E-state index contributed by atoms with van der Waals surface area (Å²) in [4.78, 5) is 0. The molecule has 2 nitrogen and oxygen atoms in total. The lowest BCUT2D eigenvalue weighted by Gasteiger charge is -2.19. The maximum absolute atomic E-state index is 13.6. The van der Waals surface area contributed by atoms with Crippen LogP contribution in [0.4, 0.5) is 4.39 Å². The molecule has 0 heterocycles. The summed E-state index contributed by atoms with van der Waals surface area (Å²) in [6, 6.07) is 4.48. The van der Waals surface area contributed by atoms with Crippen LogP contribution in [0.2, 0.25) is 5.02 Å². The van der Waals surface area contributed by atoms with Crippen LogP contribution >= 0.6 is 11.6 Å². The molecule has 0 aromatic heterocycles. The fourth-order valence-corrected chi connectivity index (χ4v) is 1.80. The van der Waals surface area contributed by atoms with Gasteiger partial charge >= 0.3 is 0 Å². The van der Waals surface area contributed by atoms with Crippen molar-refractivity contribution in [3.8, 4) is 0 Å². The number of rotatable bonds is 5. The molecule has 0 saturated carbocycles. The first-order valence-corrected chi connectivity index (χ1v) is 5.24. The summed E-state index contributed by atoms with van der Waals surface area (Å²) in [5.41, 5.74) is 0.475. The number of methoxy groups -OCH3 is 1. The highest BCUT2D eigenvalue weighted by atomic mass is 35.5. The Balaban J connectivity index is 2.98. The van der Waals surface area contributed by atoms with Crippen LogP contribution < -0.4 is 5.32 Å². The lowest BCUT2D eigenvalue weighted by molar-refractivity contribution is 0.166. The van der Waals surface area contributed by atoms with E-state index in [4.69, 9.17) is 16.3 Å². The van der Waals surface area contributed by atoms with Crippen molar-refractivity contribution in [3.05, 3.63) is 34.6 Å². The van der Waals surface area contributed by atoms with Crippen molar-refractivity contribution >= 4 is 11.6 Å². The summed E-state index contributed by atoms with van der Waals surface area (Å²) < 4.78 is 18.6. The zero-order valence-electron chi connectivity index (χ0n) is 8.89. The van der Waals surface area contributed by atoms with Crippen molar-refractivity contribution in [1.82, 2.24) is 5.32 Å². The molecule has 0 aliphatic carbocycles. The predicted molar refractivity (Wildman–Crippen MR) is 59.7 cm³/mol. The molecule has 0 amide bonds. The molecule has 0 fully saturated rings. The van der Waals surface area contributed by atoms with Crippen molar-refractivity contribution in [3.63, 3.8) is 0 Å². The molecule has 15 heavy (non-hydrogen) atoms. The summed E-state index contributed by atoms with van der Waals surface area (Å²) in [7, 11) is 1.58. The zero-order chi connectivity index (χ0) is 11.3. The number of hydrogen-bond donors (Lipinski definition) is 1. The molecule has 1 rings (SSSR count). The van der Waals surface area contributed by atoms with Gasteiger partial charge in [-0.1, -0.05) is 24.6 Å². The van der Waals surface area contributed by atoms with Gasteiger partial charge in [-0.05, 0) is 18.7 Å². The number of likely N-dealkylation sites (N-methyl/N-ethyl adjacent to an activating group) is 1. The van der Waals surface area contributed by atoms with E-state index in [1.807, 2.05) is 6.92 Å². The molecule has 0 radical (unpaired) electrons. The molecule has 0 saturated heterocycles. The largest absolute Gasteiger partial charge is 0.383 e. The van der Waals surface area contributed by atoms with Gasteiger partial charge in [0.1, 0.15) is 5.82 Å². The molecule has 84 valence electrons. The van der Waals surface area contributed by atoms with Crippen LogP contribution in [0.3, 0.4) is 0 Å². The second kappa shape index (κ2) is 6.05. The number of ether oxygens (including phenoxy) is 1. The molecule has 1 aromatic carbocycles. The van der Waals surface area contributed by atoms with E-state index in [1.165, 1.54) is 6.07 Å². The van der Waals surface area contributed by atoms with E-state index >= 15 is 0 Å². The van der Waals surface area contributed by atoms with Gasteiger partial charge in [0.2, 0.25) is 0 Å². The minimum atomic E-state index is -0.300. The van der Waals surface area contributed by atoms with Crippen molar-refractivity contribution in [2.45, 2.75) is 13.0 Å². The molecule has 0 aliphatic heterocycles.